The van der Waals surface area contributed by atoms with Crippen molar-refractivity contribution in [1.82, 2.24) is 0 Å². The van der Waals surface area contributed by atoms with Gasteiger partial charge in [0.15, 0.2) is 3.79 Å². The van der Waals surface area contributed by atoms with Crippen molar-refractivity contribution in [2.75, 3.05) is 13.2 Å². The predicted molar refractivity (Wildman–Crippen MR) is 79.4 cm³/mol. The van der Waals surface area contributed by atoms with E-state index in [9.17, 15) is 0 Å². The zero-order valence-corrected chi connectivity index (χ0v) is 13.0. The summed E-state index contributed by atoms with van der Waals surface area (Å²) in [5.41, 5.74) is 0.832. The molecular formula is C13H14Cl3NO3. The van der Waals surface area contributed by atoms with Crippen molar-refractivity contribution in [2.24, 2.45) is 5.16 Å². The summed E-state index contributed by atoms with van der Waals surface area (Å²) in [5, 5.41) is 11.6. The van der Waals surface area contributed by atoms with Crippen molar-refractivity contribution >= 4 is 40.5 Å². The Balaban J connectivity index is 2.10. The van der Waals surface area contributed by atoms with E-state index in [-0.39, 0.29) is 13.0 Å². The van der Waals surface area contributed by atoms with Crippen LogP contribution in [0.4, 0.5) is 0 Å². The standard InChI is InChI=1S/C13H14Cl3NO3/c1-9(17-18)6-19-11-4-2-3-10(5-11)12(8-20-12)7-13(14,15)16/h2-5,18H,6-8H2,1H3. The minimum Gasteiger partial charge on any atom is -0.488 e. The highest BCUT2D eigenvalue weighted by molar-refractivity contribution is 6.67. The van der Waals surface area contributed by atoms with E-state index in [1.54, 1.807) is 13.0 Å². The van der Waals surface area contributed by atoms with Gasteiger partial charge in [0.25, 0.3) is 0 Å². The van der Waals surface area contributed by atoms with Gasteiger partial charge in [0.1, 0.15) is 18.0 Å². The molecule has 0 spiro atoms. The van der Waals surface area contributed by atoms with Gasteiger partial charge in [0, 0.05) is 6.42 Å². The first kappa shape index (κ1) is 15.7. The van der Waals surface area contributed by atoms with E-state index in [1.165, 1.54) is 0 Å². The van der Waals surface area contributed by atoms with E-state index in [2.05, 4.69) is 5.16 Å². The van der Waals surface area contributed by atoms with E-state index in [1.807, 2.05) is 18.2 Å². The number of ether oxygens (including phenoxy) is 2. The summed E-state index contributed by atoms with van der Waals surface area (Å²) < 4.78 is 9.63. The van der Waals surface area contributed by atoms with Crippen LogP contribution in [-0.2, 0) is 10.3 Å². The molecule has 7 heteroatoms. The Kier molecular flexibility index (Phi) is 4.69. The molecule has 0 aromatic heterocycles. The number of alkyl halides is 3. The van der Waals surface area contributed by atoms with Crippen molar-refractivity contribution in [3.8, 4) is 5.75 Å². The molecule has 1 fully saturated rings. The lowest BCUT2D eigenvalue weighted by Gasteiger charge is -2.18. The molecule has 0 bridgehead atoms. The van der Waals surface area contributed by atoms with Gasteiger partial charge in [0.2, 0.25) is 0 Å². The van der Waals surface area contributed by atoms with Gasteiger partial charge < -0.3 is 14.7 Å². The lowest BCUT2D eigenvalue weighted by atomic mass is 9.97. The number of hydrogen-bond donors (Lipinski definition) is 1. The average Bonchev–Trinajstić information content (AvgIpc) is 3.15. The van der Waals surface area contributed by atoms with Crippen LogP contribution in [0.25, 0.3) is 0 Å². The van der Waals surface area contributed by atoms with Gasteiger partial charge >= 0.3 is 0 Å². The fourth-order valence-corrected chi connectivity index (χ4v) is 2.52. The molecule has 0 amide bonds. The Bertz CT molecular complexity index is 510. The summed E-state index contributed by atoms with van der Waals surface area (Å²) in [5.74, 6) is 0.643. The SMILES string of the molecule is CC(COc1cccc(C2(CC(Cl)(Cl)Cl)CO2)c1)=NO. The Hall–Kier alpha value is -0.680. The van der Waals surface area contributed by atoms with Crippen LogP contribution in [0.5, 0.6) is 5.75 Å². The second-order valence-corrected chi connectivity index (χ2v) is 7.24. The van der Waals surface area contributed by atoms with Crippen LogP contribution < -0.4 is 4.74 Å². The average molecular weight is 339 g/mol. The second-order valence-electron chi connectivity index (χ2n) is 4.73. The van der Waals surface area contributed by atoms with E-state index in [0.29, 0.717) is 18.1 Å². The lowest BCUT2D eigenvalue weighted by Crippen LogP contribution is -2.18. The van der Waals surface area contributed by atoms with Gasteiger partial charge in [0.05, 0.1) is 12.3 Å². The first-order valence-electron chi connectivity index (χ1n) is 5.96. The van der Waals surface area contributed by atoms with Crippen molar-refractivity contribution in [2.45, 2.75) is 22.7 Å². The Morgan fingerprint density at radius 3 is 2.75 bits per heavy atom. The van der Waals surface area contributed by atoms with Gasteiger partial charge in [-0.1, -0.05) is 52.1 Å². The molecule has 0 radical (unpaired) electrons. The maximum Gasteiger partial charge on any atom is 0.193 e. The Labute approximate surface area is 132 Å². The Morgan fingerprint density at radius 2 is 2.20 bits per heavy atom. The molecule has 1 atom stereocenters. The van der Waals surface area contributed by atoms with Crippen molar-refractivity contribution in [3.63, 3.8) is 0 Å². The van der Waals surface area contributed by atoms with E-state index >= 15 is 0 Å². The summed E-state index contributed by atoms with van der Waals surface area (Å²) in [6.45, 7) is 2.39. The second kappa shape index (κ2) is 5.98. The van der Waals surface area contributed by atoms with Gasteiger partial charge in [-0.25, -0.2) is 0 Å². The highest BCUT2D eigenvalue weighted by atomic mass is 35.6. The predicted octanol–water partition coefficient (Wildman–Crippen LogP) is 3.90. The van der Waals surface area contributed by atoms with Gasteiger partial charge in [-0.3, -0.25) is 0 Å². The Morgan fingerprint density at radius 1 is 1.50 bits per heavy atom. The van der Waals surface area contributed by atoms with E-state index < -0.39 is 9.39 Å². The zero-order chi connectivity index (χ0) is 14.8. The van der Waals surface area contributed by atoms with E-state index in [4.69, 9.17) is 49.5 Å². The van der Waals surface area contributed by atoms with Crippen LogP contribution in [0.15, 0.2) is 29.4 Å². The number of benzene rings is 1. The van der Waals surface area contributed by atoms with E-state index in [0.717, 1.165) is 5.56 Å². The number of nitrogens with zero attached hydrogens (tertiary/aromatic N) is 1. The highest BCUT2D eigenvalue weighted by Gasteiger charge is 2.51. The number of epoxide rings is 1. The normalized spacial score (nSPS) is 22.7. The topological polar surface area (TPSA) is 54.3 Å². The van der Waals surface area contributed by atoms with Crippen LogP contribution in [0.1, 0.15) is 18.9 Å². The summed E-state index contributed by atoms with van der Waals surface area (Å²) in [7, 11) is 0. The largest absolute Gasteiger partial charge is 0.488 e. The summed E-state index contributed by atoms with van der Waals surface area (Å²) in [6.07, 6.45) is 0.283. The van der Waals surface area contributed by atoms with Crippen LogP contribution >= 0.6 is 34.8 Å². The molecule has 0 aliphatic carbocycles. The molecular weight excluding hydrogens is 325 g/mol. The number of halogens is 3. The molecule has 2 rings (SSSR count). The summed E-state index contributed by atoms with van der Waals surface area (Å²) >= 11 is 17.5. The van der Waals surface area contributed by atoms with Gasteiger partial charge in [-0.2, -0.15) is 0 Å². The molecule has 0 saturated carbocycles. The molecule has 1 aliphatic rings. The first-order chi connectivity index (χ1) is 9.35. The summed E-state index contributed by atoms with van der Waals surface area (Å²) in [4.78, 5) is 0. The van der Waals surface area contributed by atoms with Gasteiger partial charge in [-0.15, -0.1) is 0 Å². The van der Waals surface area contributed by atoms with Crippen molar-refractivity contribution in [3.05, 3.63) is 29.8 Å². The smallest absolute Gasteiger partial charge is 0.193 e. The molecule has 4 nitrogen and oxygen atoms in total. The molecule has 1 heterocycles. The third kappa shape index (κ3) is 4.16. The number of hydrogen-bond acceptors (Lipinski definition) is 4. The molecule has 20 heavy (non-hydrogen) atoms. The van der Waals surface area contributed by atoms with Crippen LogP contribution in [-0.4, -0.2) is 27.9 Å². The molecule has 1 N–H and O–H groups in total. The molecule has 1 aliphatic heterocycles. The van der Waals surface area contributed by atoms with Gasteiger partial charge in [-0.05, 0) is 24.6 Å². The minimum atomic E-state index is -1.37. The highest BCUT2D eigenvalue weighted by Crippen LogP contribution is 2.50. The molecule has 1 saturated heterocycles. The lowest BCUT2D eigenvalue weighted by molar-refractivity contribution is 0.292. The maximum absolute atomic E-state index is 8.58. The monoisotopic (exact) mass is 337 g/mol. The fourth-order valence-electron chi connectivity index (χ4n) is 1.87. The van der Waals surface area contributed by atoms with Crippen LogP contribution in [0.2, 0.25) is 0 Å². The van der Waals surface area contributed by atoms with Crippen LogP contribution in [0.3, 0.4) is 0 Å². The molecule has 110 valence electrons. The molecule has 1 unspecified atom stereocenters. The minimum absolute atomic E-state index is 0.207. The van der Waals surface area contributed by atoms with Crippen molar-refractivity contribution < 1.29 is 14.7 Å². The number of rotatable bonds is 5. The fraction of sp³-hybridized carbons (Fsp3) is 0.462. The maximum atomic E-state index is 8.58. The van der Waals surface area contributed by atoms with Crippen LogP contribution in [0, 0.1) is 0 Å². The molecule has 1 aromatic carbocycles. The third-order valence-corrected chi connectivity index (χ3v) is 3.36. The molecule has 1 aromatic rings. The first-order valence-corrected chi connectivity index (χ1v) is 7.10. The third-order valence-electron chi connectivity index (χ3n) is 2.96. The van der Waals surface area contributed by atoms with Crippen molar-refractivity contribution in [1.29, 1.82) is 0 Å². The quantitative estimate of drug-likeness (QED) is 0.291. The number of oxime groups is 1. The zero-order valence-electron chi connectivity index (χ0n) is 10.8. The summed E-state index contributed by atoms with van der Waals surface area (Å²) in [6, 6.07) is 7.40.